The predicted molar refractivity (Wildman–Crippen MR) is 60.9 cm³/mol. The number of nitriles is 1. The molecule has 0 saturated heterocycles. The first kappa shape index (κ1) is 10.5. The summed E-state index contributed by atoms with van der Waals surface area (Å²) in [5.74, 6) is -0.0268. The molecule has 0 bridgehead atoms. The second kappa shape index (κ2) is 3.53. The highest BCUT2D eigenvalue weighted by Crippen LogP contribution is 2.22. The van der Waals surface area contributed by atoms with E-state index >= 15 is 0 Å². The maximum atomic E-state index is 11.3. The summed E-state index contributed by atoms with van der Waals surface area (Å²) in [4.78, 5) is 11.3. The smallest absolute Gasteiger partial charge is 0.251 e. The van der Waals surface area contributed by atoms with Gasteiger partial charge in [-0.2, -0.15) is 5.26 Å². The van der Waals surface area contributed by atoms with Crippen molar-refractivity contribution < 1.29 is 4.79 Å². The average Bonchev–Trinajstić information content (AvgIpc) is 2.60. The number of hydrogen-bond acceptors (Lipinski definition) is 3. The minimum atomic E-state index is -0.607. The fraction of sp³-hybridized carbons (Fsp3) is 0.333. The third-order valence-corrected chi connectivity index (χ3v) is 2.53. The van der Waals surface area contributed by atoms with Crippen LogP contribution >= 0.6 is 0 Å². The van der Waals surface area contributed by atoms with E-state index in [0.29, 0.717) is 6.54 Å². The molecule has 1 aromatic carbocycles. The lowest BCUT2D eigenvalue weighted by molar-refractivity contribution is 0.0966. The predicted octanol–water partition coefficient (Wildman–Crippen LogP) is 1.64. The van der Waals surface area contributed by atoms with Gasteiger partial charge < -0.3 is 10.6 Å². The summed E-state index contributed by atoms with van der Waals surface area (Å²) in [6.45, 7) is 4.18. The van der Waals surface area contributed by atoms with Crippen LogP contribution in [0.1, 0.15) is 29.8 Å². The molecule has 1 aliphatic heterocycles. The highest BCUT2D eigenvalue weighted by Gasteiger charge is 2.20. The maximum absolute atomic E-state index is 11.3. The normalized spacial score (nSPS) is 13.9. The molecule has 0 spiro atoms. The van der Waals surface area contributed by atoms with Gasteiger partial charge in [-0.05, 0) is 37.6 Å². The third kappa shape index (κ3) is 1.84. The Bertz CT molecular complexity index is 486. The van der Waals surface area contributed by atoms with Gasteiger partial charge in [0.1, 0.15) is 5.54 Å². The van der Waals surface area contributed by atoms with E-state index in [1.807, 2.05) is 26.0 Å². The molecule has 16 heavy (non-hydrogen) atoms. The van der Waals surface area contributed by atoms with Crippen molar-refractivity contribution in [1.82, 2.24) is 5.32 Å². The summed E-state index contributed by atoms with van der Waals surface area (Å²) in [5.41, 5.74) is 1.95. The van der Waals surface area contributed by atoms with Gasteiger partial charge in [-0.3, -0.25) is 4.79 Å². The molecule has 1 amide bonds. The molecule has 0 radical (unpaired) electrons. The molecule has 0 unspecified atom stereocenters. The first-order valence-electron chi connectivity index (χ1n) is 5.12. The number of hydrogen-bond donors (Lipinski definition) is 2. The van der Waals surface area contributed by atoms with Crippen LogP contribution in [-0.4, -0.2) is 11.4 Å². The van der Waals surface area contributed by atoms with Crippen LogP contribution in [0.3, 0.4) is 0 Å². The van der Waals surface area contributed by atoms with E-state index < -0.39 is 5.54 Å². The van der Waals surface area contributed by atoms with E-state index in [0.717, 1.165) is 16.8 Å². The number of fused-ring (bicyclic) bond motifs is 1. The van der Waals surface area contributed by atoms with Gasteiger partial charge in [0, 0.05) is 17.8 Å². The summed E-state index contributed by atoms with van der Waals surface area (Å²) < 4.78 is 0. The van der Waals surface area contributed by atoms with E-state index in [2.05, 4.69) is 16.7 Å². The topological polar surface area (TPSA) is 64.9 Å². The average molecular weight is 215 g/mol. The molecule has 1 aromatic rings. The summed E-state index contributed by atoms with van der Waals surface area (Å²) in [5, 5.41) is 14.8. The van der Waals surface area contributed by atoms with Crippen molar-refractivity contribution >= 4 is 11.6 Å². The summed E-state index contributed by atoms with van der Waals surface area (Å²) in [7, 11) is 0. The molecule has 0 saturated carbocycles. The molecule has 0 aliphatic carbocycles. The molecule has 0 fully saturated rings. The third-order valence-electron chi connectivity index (χ3n) is 2.53. The van der Waals surface area contributed by atoms with Gasteiger partial charge in [0.05, 0.1) is 6.07 Å². The quantitative estimate of drug-likeness (QED) is 0.788. The fourth-order valence-corrected chi connectivity index (χ4v) is 1.70. The number of nitrogens with one attached hydrogen (secondary N) is 2. The molecule has 4 nitrogen and oxygen atoms in total. The number of carbonyl (C=O) groups excluding carboxylic acids is 1. The minimum absolute atomic E-state index is 0.0268. The van der Waals surface area contributed by atoms with E-state index in [-0.39, 0.29) is 5.91 Å². The molecule has 1 aliphatic rings. The Morgan fingerprint density at radius 2 is 2.25 bits per heavy atom. The van der Waals surface area contributed by atoms with Crippen molar-refractivity contribution in [2.45, 2.75) is 25.9 Å². The number of amides is 1. The molecule has 2 rings (SSSR count). The van der Waals surface area contributed by atoms with Crippen LogP contribution in [0.5, 0.6) is 0 Å². The van der Waals surface area contributed by atoms with Gasteiger partial charge in [0.25, 0.3) is 5.91 Å². The highest BCUT2D eigenvalue weighted by atomic mass is 16.1. The number of rotatable bonds is 2. The largest absolute Gasteiger partial charge is 0.368 e. The first-order valence-corrected chi connectivity index (χ1v) is 5.12. The molecule has 2 N–H and O–H groups in total. The number of anilines is 1. The van der Waals surface area contributed by atoms with Gasteiger partial charge in [0.2, 0.25) is 0 Å². The zero-order valence-corrected chi connectivity index (χ0v) is 9.29. The van der Waals surface area contributed by atoms with Gasteiger partial charge in [-0.25, -0.2) is 0 Å². The molecule has 4 heteroatoms. The monoisotopic (exact) mass is 215 g/mol. The summed E-state index contributed by atoms with van der Waals surface area (Å²) >= 11 is 0. The summed E-state index contributed by atoms with van der Waals surface area (Å²) in [6.07, 6.45) is 0. The van der Waals surface area contributed by atoms with Crippen molar-refractivity contribution in [3.63, 3.8) is 0 Å². The van der Waals surface area contributed by atoms with Crippen molar-refractivity contribution in [2.75, 3.05) is 5.32 Å². The minimum Gasteiger partial charge on any atom is -0.368 e. The zero-order chi connectivity index (χ0) is 11.8. The van der Waals surface area contributed by atoms with E-state index in [9.17, 15) is 4.79 Å². The Hall–Kier alpha value is -2.02. The van der Waals surface area contributed by atoms with Crippen LogP contribution in [0.15, 0.2) is 18.2 Å². The van der Waals surface area contributed by atoms with E-state index in [1.54, 1.807) is 6.07 Å². The van der Waals surface area contributed by atoms with Crippen LogP contribution in [-0.2, 0) is 6.54 Å². The number of carbonyl (C=O) groups is 1. The van der Waals surface area contributed by atoms with Crippen molar-refractivity contribution in [2.24, 2.45) is 0 Å². The van der Waals surface area contributed by atoms with Crippen molar-refractivity contribution in [3.8, 4) is 6.07 Å². The standard InChI is InChI=1S/C12H13N3O/c1-12(2,7-13)15-9-3-4-10-8(5-9)6-14-11(10)16/h3-5,15H,6H2,1-2H3,(H,14,16). The Labute approximate surface area is 94.3 Å². The molecular formula is C12H13N3O. The molecule has 1 heterocycles. The van der Waals surface area contributed by atoms with Crippen molar-refractivity contribution in [3.05, 3.63) is 29.3 Å². The zero-order valence-electron chi connectivity index (χ0n) is 9.29. The van der Waals surface area contributed by atoms with Crippen LogP contribution in [0, 0.1) is 11.3 Å². The number of nitrogens with zero attached hydrogens (tertiary/aromatic N) is 1. The Morgan fingerprint density at radius 1 is 1.50 bits per heavy atom. The maximum Gasteiger partial charge on any atom is 0.251 e. The van der Waals surface area contributed by atoms with Gasteiger partial charge in [-0.1, -0.05) is 0 Å². The second-order valence-corrected chi connectivity index (χ2v) is 4.42. The molecular weight excluding hydrogens is 202 g/mol. The lowest BCUT2D eigenvalue weighted by atomic mass is 10.1. The Morgan fingerprint density at radius 3 is 2.94 bits per heavy atom. The molecule has 0 aromatic heterocycles. The lowest BCUT2D eigenvalue weighted by Crippen LogP contribution is -2.28. The van der Waals surface area contributed by atoms with E-state index in [1.165, 1.54) is 0 Å². The van der Waals surface area contributed by atoms with Crippen LogP contribution in [0.25, 0.3) is 0 Å². The van der Waals surface area contributed by atoms with Crippen LogP contribution in [0.4, 0.5) is 5.69 Å². The molecule has 82 valence electrons. The van der Waals surface area contributed by atoms with Gasteiger partial charge >= 0.3 is 0 Å². The highest BCUT2D eigenvalue weighted by molar-refractivity contribution is 5.98. The van der Waals surface area contributed by atoms with Gasteiger partial charge in [-0.15, -0.1) is 0 Å². The van der Waals surface area contributed by atoms with Gasteiger partial charge in [0.15, 0.2) is 0 Å². The number of benzene rings is 1. The lowest BCUT2D eigenvalue weighted by Gasteiger charge is -2.19. The fourth-order valence-electron chi connectivity index (χ4n) is 1.70. The van der Waals surface area contributed by atoms with E-state index in [4.69, 9.17) is 5.26 Å². The SMILES string of the molecule is CC(C)(C#N)Nc1ccc2c(c1)CNC2=O. The second-order valence-electron chi connectivity index (χ2n) is 4.42. The Kier molecular flexibility index (Phi) is 2.31. The first-order chi connectivity index (χ1) is 7.52. The Balaban J connectivity index is 2.27. The van der Waals surface area contributed by atoms with Crippen LogP contribution < -0.4 is 10.6 Å². The van der Waals surface area contributed by atoms with Crippen LogP contribution in [0.2, 0.25) is 0 Å². The summed E-state index contributed by atoms with van der Waals surface area (Å²) in [6, 6.07) is 7.69. The molecule has 0 atom stereocenters. The van der Waals surface area contributed by atoms with Crippen molar-refractivity contribution in [1.29, 1.82) is 5.26 Å².